The van der Waals surface area contributed by atoms with E-state index in [4.69, 9.17) is 0 Å². The molecule has 26 heavy (non-hydrogen) atoms. The van der Waals surface area contributed by atoms with Crippen LogP contribution in [0.2, 0.25) is 0 Å². The first kappa shape index (κ1) is 18.9. The molecule has 1 atom stereocenters. The second-order valence-electron chi connectivity index (χ2n) is 7.66. The molecule has 1 N–H and O–H groups in total. The van der Waals surface area contributed by atoms with E-state index in [-0.39, 0.29) is 17.9 Å². The fourth-order valence-electron chi connectivity index (χ4n) is 4.04. The predicted molar refractivity (Wildman–Crippen MR) is 103 cm³/mol. The monoisotopic (exact) mass is 357 g/mol. The number of hydrogen-bond donors (Lipinski definition) is 1. The maximum atomic E-state index is 12.5. The van der Waals surface area contributed by atoms with Gasteiger partial charge >= 0.3 is 0 Å². The first-order valence-electron chi connectivity index (χ1n) is 9.92. The van der Waals surface area contributed by atoms with Crippen LogP contribution in [-0.4, -0.2) is 54.3 Å². The Morgan fingerprint density at radius 3 is 2.58 bits per heavy atom. The Hall–Kier alpha value is -1.88. The summed E-state index contributed by atoms with van der Waals surface area (Å²) in [5, 5.41) is 3.14. The smallest absolute Gasteiger partial charge is 0.234 e. The number of benzene rings is 1. The van der Waals surface area contributed by atoms with Crippen molar-refractivity contribution in [3.63, 3.8) is 0 Å². The number of fused-ring (bicyclic) bond motifs is 1. The largest absolute Gasteiger partial charge is 0.348 e. The average molecular weight is 357 g/mol. The Balaban J connectivity index is 1.52. The van der Waals surface area contributed by atoms with Gasteiger partial charge in [0.25, 0.3) is 0 Å². The van der Waals surface area contributed by atoms with E-state index in [0.29, 0.717) is 13.1 Å². The Bertz CT molecular complexity index is 659. The van der Waals surface area contributed by atoms with Gasteiger partial charge in [0.1, 0.15) is 0 Å². The van der Waals surface area contributed by atoms with E-state index in [9.17, 15) is 9.59 Å². The van der Waals surface area contributed by atoms with Gasteiger partial charge in [0.2, 0.25) is 11.8 Å². The van der Waals surface area contributed by atoms with Crippen molar-refractivity contribution in [2.75, 3.05) is 32.7 Å². The molecule has 2 aliphatic rings. The fraction of sp³-hybridized carbons (Fsp3) is 0.619. The van der Waals surface area contributed by atoms with E-state index in [2.05, 4.69) is 35.3 Å². The van der Waals surface area contributed by atoms with Crippen LogP contribution < -0.4 is 5.32 Å². The van der Waals surface area contributed by atoms with Crippen LogP contribution in [0.3, 0.4) is 0 Å². The third-order valence-corrected chi connectivity index (χ3v) is 5.65. The maximum Gasteiger partial charge on any atom is 0.234 e. The Morgan fingerprint density at radius 2 is 1.81 bits per heavy atom. The van der Waals surface area contributed by atoms with Crippen LogP contribution in [0, 0.1) is 0 Å². The number of rotatable bonds is 4. The summed E-state index contributed by atoms with van der Waals surface area (Å²) in [5.41, 5.74) is 4.11. The molecule has 1 aliphatic carbocycles. The SMILES string of the molecule is CC(=O)N1CCCN(CC(=O)NC(C)c2ccc3c(c2)CCCC3)CC1. The van der Waals surface area contributed by atoms with Gasteiger partial charge in [0.05, 0.1) is 12.6 Å². The third kappa shape index (κ3) is 4.85. The van der Waals surface area contributed by atoms with E-state index in [0.717, 1.165) is 32.5 Å². The van der Waals surface area contributed by atoms with Crippen molar-refractivity contribution in [1.82, 2.24) is 15.1 Å². The van der Waals surface area contributed by atoms with Gasteiger partial charge in [-0.2, -0.15) is 0 Å². The predicted octanol–water partition coefficient (Wildman–Crippen LogP) is 2.30. The van der Waals surface area contributed by atoms with Crippen molar-refractivity contribution in [3.05, 3.63) is 34.9 Å². The zero-order valence-corrected chi connectivity index (χ0v) is 16.1. The molecule has 2 amide bonds. The highest BCUT2D eigenvalue weighted by Gasteiger charge is 2.19. The molecular weight excluding hydrogens is 326 g/mol. The van der Waals surface area contributed by atoms with Crippen molar-refractivity contribution in [2.45, 2.75) is 52.0 Å². The number of hydrogen-bond acceptors (Lipinski definition) is 3. The van der Waals surface area contributed by atoms with Crippen LogP contribution in [0.4, 0.5) is 0 Å². The lowest BCUT2D eigenvalue weighted by atomic mass is 9.89. The molecule has 0 saturated carbocycles. The van der Waals surface area contributed by atoms with Crippen LogP contribution >= 0.6 is 0 Å². The van der Waals surface area contributed by atoms with Crippen LogP contribution in [0.25, 0.3) is 0 Å². The van der Waals surface area contributed by atoms with Crippen LogP contribution in [0.15, 0.2) is 18.2 Å². The highest BCUT2D eigenvalue weighted by Crippen LogP contribution is 2.24. The second kappa shape index (κ2) is 8.67. The lowest BCUT2D eigenvalue weighted by Crippen LogP contribution is -2.40. The molecule has 1 aromatic carbocycles. The molecule has 0 aromatic heterocycles. The van der Waals surface area contributed by atoms with E-state index < -0.39 is 0 Å². The topological polar surface area (TPSA) is 52.7 Å². The molecule has 1 unspecified atom stereocenters. The van der Waals surface area contributed by atoms with E-state index in [1.54, 1.807) is 6.92 Å². The van der Waals surface area contributed by atoms with Crippen molar-refractivity contribution >= 4 is 11.8 Å². The summed E-state index contributed by atoms with van der Waals surface area (Å²) in [4.78, 5) is 28.0. The molecular formula is C21H31N3O2. The van der Waals surface area contributed by atoms with E-state index in [1.165, 1.54) is 36.0 Å². The number of aryl methyl sites for hydroxylation is 2. The van der Waals surface area contributed by atoms with Gasteiger partial charge < -0.3 is 10.2 Å². The highest BCUT2D eigenvalue weighted by molar-refractivity contribution is 5.78. The number of amides is 2. The number of nitrogens with zero attached hydrogens (tertiary/aromatic N) is 2. The fourth-order valence-corrected chi connectivity index (χ4v) is 4.04. The van der Waals surface area contributed by atoms with Gasteiger partial charge in [-0.1, -0.05) is 18.2 Å². The molecule has 0 radical (unpaired) electrons. The van der Waals surface area contributed by atoms with E-state index in [1.807, 2.05) is 4.90 Å². The molecule has 142 valence electrons. The van der Waals surface area contributed by atoms with Crippen LogP contribution in [0.1, 0.15) is 55.8 Å². The third-order valence-electron chi connectivity index (χ3n) is 5.65. The van der Waals surface area contributed by atoms with Gasteiger partial charge in [-0.15, -0.1) is 0 Å². The van der Waals surface area contributed by atoms with Crippen molar-refractivity contribution in [2.24, 2.45) is 0 Å². The summed E-state index contributed by atoms with van der Waals surface area (Å²) in [5.74, 6) is 0.184. The minimum absolute atomic E-state index is 0.0235. The summed E-state index contributed by atoms with van der Waals surface area (Å²) in [6.07, 6.45) is 5.82. The molecule has 5 nitrogen and oxygen atoms in total. The van der Waals surface area contributed by atoms with Crippen molar-refractivity contribution in [3.8, 4) is 0 Å². The molecule has 0 bridgehead atoms. The first-order valence-corrected chi connectivity index (χ1v) is 9.92. The summed E-state index contributed by atoms with van der Waals surface area (Å²) >= 11 is 0. The maximum absolute atomic E-state index is 12.5. The molecule has 1 fully saturated rings. The van der Waals surface area contributed by atoms with Gasteiger partial charge in [-0.25, -0.2) is 0 Å². The minimum atomic E-state index is 0.0235. The van der Waals surface area contributed by atoms with Crippen molar-refractivity contribution in [1.29, 1.82) is 0 Å². The minimum Gasteiger partial charge on any atom is -0.348 e. The molecule has 1 aliphatic heterocycles. The Labute approximate surface area is 156 Å². The Morgan fingerprint density at radius 1 is 1.04 bits per heavy atom. The van der Waals surface area contributed by atoms with E-state index >= 15 is 0 Å². The first-order chi connectivity index (χ1) is 12.5. The molecule has 5 heteroatoms. The van der Waals surface area contributed by atoms with Gasteiger partial charge in [0.15, 0.2) is 0 Å². The summed E-state index contributed by atoms with van der Waals surface area (Å²) in [7, 11) is 0. The molecule has 0 spiro atoms. The van der Waals surface area contributed by atoms with Crippen LogP contribution in [-0.2, 0) is 22.4 Å². The zero-order chi connectivity index (χ0) is 18.5. The Kier molecular flexibility index (Phi) is 6.30. The van der Waals surface area contributed by atoms with Gasteiger partial charge in [-0.05, 0) is 55.7 Å². The standard InChI is InChI=1S/C21H31N3O2/c1-16(19-9-8-18-6-3-4-7-20(18)14-19)22-21(26)15-23-10-5-11-24(13-12-23)17(2)25/h8-9,14,16H,3-7,10-13,15H2,1-2H3,(H,22,26). The lowest BCUT2D eigenvalue weighted by molar-refractivity contribution is -0.128. The van der Waals surface area contributed by atoms with Gasteiger partial charge in [0, 0.05) is 33.1 Å². The number of carbonyl (C=O) groups is 2. The molecule has 1 aromatic rings. The molecule has 1 saturated heterocycles. The number of nitrogens with one attached hydrogen (secondary N) is 1. The van der Waals surface area contributed by atoms with Crippen LogP contribution in [0.5, 0.6) is 0 Å². The highest BCUT2D eigenvalue weighted by atomic mass is 16.2. The van der Waals surface area contributed by atoms with Gasteiger partial charge in [-0.3, -0.25) is 14.5 Å². The summed E-state index contributed by atoms with van der Waals surface area (Å²) in [6, 6.07) is 6.69. The molecule has 1 heterocycles. The summed E-state index contributed by atoms with van der Waals surface area (Å²) < 4.78 is 0. The molecule has 3 rings (SSSR count). The normalized spacial score (nSPS) is 19.4. The number of carbonyl (C=O) groups excluding carboxylic acids is 2. The average Bonchev–Trinajstić information content (AvgIpc) is 2.87. The summed E-state index contributed by atoms with van der Waals surface area (Å²) in [6.45, 7) is 7.21. The van der Waals surface area contributed by atoms with Crippen molar-refractivity contribution < 1.29 is 9.59 Å². The lowest BCUT2D eigenvalue weighted by Gasteiger charge is -2.23. The second-order valence-corrected chi connectivity index (χ2v) is 7.66. The zero-order valence-electron chi connectivity index (χ0n) is 16.1. The quantitative estimate of drug-likeness (QED) is 0.900.